The van der Waals surface area contributed by atoms with E-state index in [1.807, 2.05) is 12.1 Å². The molecule has 10 nitrogen and oxygen atoms in total. The molecule has 2 unspecified atom stereocenters. The first-order chi connectivity index (χ1) is 25.2. The molecule has 1 aromatic heterocycles. The topological polar surface area (TPSA) is 132 Å². The lowest BCUT2D eigenvalue weighted by molar-refractivity contribution is 0.0419. The zero-order valence-electron chi connectivity index (χ0n) is 30.6. The van der Waals surface area contributed by atoms with Crippen LogP contribution in [0.4, 0.5) is 23.3 Å². The van der Waals surface area contributed by atoms with Crippen LogP contribution >= 0.6 is 11.6 Å². The fraction of sp³-hybridized carbons (Fsp3) is 0.415. The van der Waals surface area contributed by atoms with Crippen molar-refractivity contribution in [3.63, 3.8) is 0 Å². The van der Waals surface area contributed by atoms with Crippen molar-refractivity contribution in [3.8, 4) is 0 Å². The highest BCUT2D eigenvalue weighted by molar-refractivity contribution is 6.67. The first-order valence-electron chi connectivity index (χ1n) is 18.3. The molecule has 3 aromatic carbocycles. The molecule has 0 aliphatic carbocycles. The van der Waals surface area contributed by atoms with Gasteiger partial charge in [0.25, 0.3) is 5.24 Å². The minimum Gasteiger partial charge on any atom is -0.462 e. The number of halogens is 1. The van der Waals surface area contributed by atoms with Gasteiger partial charge in [-0.25, -0.2) is 9.59 Å². The highest BCUT2D eigenvalue weighted by atomic mass is 35.5. The molecule has 0 aliphatic heterocycles. The molecule has 0 radical (unpaired) electrons. The lowest BCUT2D eigenvalue weighted by Crippen LogP contribution is -2.14. The number of hydrogen-bond acceptors (Lipinski definition) is 10. The minimum atomic E-state index is -0.548. The molecule has 1 heterocycles. The highest BCUT2D eigenvalue weighted by Gasteiger charge is 2.15. The number of benzene rings is 3. The molecule has 0 fully saturated rings. The second-order valence-corrected chi connectivity index (χ2v) is 13.3. The smallest absolute Gasteiger partial charge is 0.338 e. The van der Waals surface area contributed by atoms with Crippen molar-refractivity contribution in [2.45, 2.75) is 85.5 Å². The molecule has 276 valence electrons. The van der Waals surface area contributed by atoms with Crippen LogP contribution in [0, 0.1) is 11.8 Å². The molecule has 0 aliphatic rings. The lowest BCUT2D eigenvalue weighted by Gasteiger charge is -2.15. The maximum atomic E-state index is 12.7. The van der Waals surface area contributed by atoms with Gasteiger partial charge >= 0.3 is 11.9 Å². The van der Waals surface area contributed by atoms with E-state index in [1.54, 1.807) is 60.7 Å². The average Bonchev–Trinajstić information content (AvgIpc) is 3.15. The SMILES string of the molecule is CCCCC(CC)COC(=O)c1ccc(Cc2nc(Nc3ccc(C(=O)Cl)cc3)nc(Nc3ccc(C(=O)OCC(CC)CCCC)cc3)n2)cc1. The summed E-state index contributed by atoms with van der Waals surface area (Å²) in [4.78, 5) is 50.9. The van der Waals surface area contributed by atoms with Crippen molar-refractivity contribution in [3.05, 3.63) is 101 Å². The molecule has 11 heteroatoms. The Balaban J connectivity index is 1.48. The van der Waals surface area contributed by atoms with E-state index in [0.717, 1.165) is 56.9 Å². The zero-order valence-corrected chi connectivity index (χ0v) is 31.4. The standard InChI is InChI=1S/C41H50ClN5O5/c1-5-9-11-28(7-3)26-51-38(49)32-15-13-30(14-16-32)25-36-45-40(43-34-21-17-31(18-22-34)37(42)48)47-41(46-36)44-35-23-19-33(20-24-35)39(50)52-27-29(8-4)12-10-6-2/h13-24,28-29H,5-12,25-27H2,1-4H3,(H2,43,44,45,46,47). The highest BCUT2D eigenvalue weighted by Crippen LogP contribution is 2.22. The Morgan fingerprint density at radius 2 is 1.04 bits per heavy atom. The molecule has 4 rings (SSSR count). The average molecular weight is 728 g/mol. The van der Waals surface area contributed by atoms with Crippen LogP contribution in [0.15, 0.2) is 72.8 Å². The number of rotatable bonds is 21. The van der Waals surface area contributed by atoms with E-state index in [0.29, 0.717) is 65.4 Å². The van der Waals surface area contributed by atoms with Crippen LogP contribution in [-0.4, -0.2) is 45.3 Å². The van der Waals surface area contributed by atoms with Crippen LogP contribution in [0.3, 0.4) is 0 Å². The van der Waals surface area contributed by atoms with Crippen LogP contribution in [0.1, 0.15) is 122 Å². The molecular weight excluding hydrogens is 678 g/mol. The monoisotopic (exact) mass is 727 g/mol. The molecule has 2 atom stereocenters. The number of unbranched alkanes of at least 4 members (excludes halogenated alkanes) is 2. The normalized spacial score (nSPS) is 12.1. The van der Waals surface area contributed by atoms with E-state index < -0.39 is 5.24 Å². The lowest BCUT2D eigenvalue weighted by atomic mass is 10.0. The van der Waals surface area contributed by atoms with Gasteiger partial charge in [0.05, 0.1) is 24.3 Å². The predicted molar refractivity (Wildman–Crippen MR) is 206 cm³/mol. The van der Waals surface area contributed by atoms with Crippen molar-refractivity contribution >= 4 is 52.1 Å². The first kappa shape index (κ1) is 39.9. The predicted octanol–water partition coefficient (Wildman–Crippen LogP) is 10.1. The number of hydrogen-bond donors (Lipinski definition) is 2. The summed E-state index contributed by atoms with van der Waals surface area (Å²) < 4.78 is 11.2. The number of nitrogens with zero attached hydrogens (tertiary/aromatic N) is 3. The van der Waals surface area contributed by atoms with Gasteiger partial charge in [-0.15, -0.1) is 0 Å². The number of aromatic nitrogens is 3. The maximum Gasteiger partial charge on any atom is 0.338 e. The van der Waals surface area contributed by atoms with E-state index >= 15 is 0 Å². The van der Waals surface area contributed by atoms with Crippen LogP contribution in [-0.2, 0) is 15.9 Å². The van der Waals surface area contributed by atoms with Crippen molar-refractivity contribution < 1.29 is 23.9 Å². The quantitative estimate of drug-likeness (QED) is 0.0631. The second-order valence-electron chi connectivity index (χ2n) is 13.0. The van der Waals surface area contributed by atoms with Gasteiger partial charge < -0.3 is 20.1 Å². The Hall–Kier alpha value is -4.83. The molecule has 0 spiro atoms. The van der Waals surface area contributed by atoms with Crippen molar-refractivity contribution in [2.75, 3.05) is 23.8 Å². The first-order valence-corrected chi connectivity index (χ1v) is 18.7. The Kier molecular flexibility index (Phi) is 16.0. The third-order valence-corrected chi connectivity index (χ3v) is 9.18. The molecule has 0 bridgehead atoms. The largest absolute Gasteiger partial charge is 0.462 e. The summed E-state index contributed by atoms with van der Waals surface area (Å²) in [6.45, 7) is 9.39. The summed E-state index contributed by atoms with van der Waals surface area (Å²) in [5.41, 5.74) is 3.53. The summed E-state index contributed by atoms with van der Waals surface area (Å²) >= 11 is 5.61. The summed E-state index contributed by atoms with van der Waals surface area (Å²) in [5, 5.41) is 5.84. The van der Waals surface area contributed by atoms with Gasteiger partial charge in [0.1, 0.15) is 5.82 Å². The molecule has 0 amide bonds. The van der Waals surface area contributed by atoms with Crippen LogP contribution in [0.25, 0.3) is 0 Å². The van der Waals surface area contributed by atoms with Gasteiger partial charge in [0.2, 0.25) is 11.9 Å². The number of carbonyl (C=O) groups excluding carboxylic acids is 3. The maximum absolute atomic E-state index is 12.7. The van der Waals surface area contributed by atoms with E-state index in [1.165, 1.54) is 0 Å². The number of carbonyl (C=O) groups is 3. The minimum absolute atomic E-state index is 0.278. The number of esters is 2. The number of ether oxygens (including phenoxy) is 2. The van der Waals surface area contributed by atoms with Crippen molar-refractivity contribution in [1.82, 2.24) is 15.0 Å². The van der Waals surface area contributed by atoms with E-state index in [4.69, 9.17) is 21.1 Å². The molecule has 4 aromatic rings. The fourth-order valence-corrected chi connectivity index (χ4v) is 5.66. The summed E-state index contributed by atoms with van der Waals surface area (Å²) in [7, 11) is 0. The molecule has 2 N–H and O–H groups in total. The van der Waals surface area contributed by atoms with E-state index in [2.05, 4.69) is 53.3 Å². The second kappa shape index (κ2) is 20.9. The molecule has 0 saturated carbocycles. The van der Waals surface area contributed by atoms with Crippen LogP contribution < -0.4 is 10.6 Å². The van der Waals surface area contributed by atoms with Crippen LogP contribution in [0.5, 0.6) is 0 Å². The van der Waals surface area contributed by atoms with Crippen molar-refractivity contribution in [2.24, 2.45) is 11.8 Å². The summed E-state index contributed by atoms with van der Waals surface area (Å²) in [6, 6.07) is 20.8. The Morgan fingerprint density at radius 3 is 1.44 bits per heavy atom. The zero-order chi connectivity index (χ0) is 37.3. The number of nitrogens with one attached hydrogen (secondary N) is 2. The van der Waals surface area contributed by atoms with Gasteiger partial charge in [-0.2, -0.15) is 15.0 Å². The Labute approximate surface area is 312 Å². The number of anilines is 4. The van der Waals surface area contributed by atoms with Gasteiger partial charge in [-0.3, -0.25) is 4.79 Å². The summed E-state index contributed by atoms with van der Waals surface area (Å²) in [6.07, 6.45) is 8.89. The van der Waals surface area contributed by atoms with E-state index in [-0.39, 0.29) is 23.8 Å². The molecule has 0 saturated heterocycles. The van der Waals surface area contributed by atoms with Crippen LogP contribution in [0.2, 0.25) is 0 Å². The molecule has 52 heavy (non-hydrogen) atoms. The third-order valence-electron chi connectivity index (χ3n) is 8.97. The summed E-state index contributed by atoms with van der Waals surface area (Å²) in [5.74, 6) is 1.07. The Bertz CT molecular complexity index is 1640. The van der Waals surface area contributed by atoms with Gasteiger partial charge in [0.15, 0.2) is 0 Å². The van der Waals surface area contributed by atoms with Gasteiger partial charge in [0, 0.05) is 23.4 Å². The fourth-order valence-electron chi connectivity index (χ4n) is 5.53. The van der Waals surface area contributed by atoms with Gasteiger partial charge in [-0.05, 0) is 103 Å². The molecular formula is C41H50ClN5O5. The van der Waals surface area contributed by atoms with Crippen molar-refractivity contribution in [1.29, 1.82) is 0 Å². The van der Waals surface area contributed by atoms with E-state index in [9.17, 15) is 14.4 Å². The Morgan fingerprint density at radius 1 is 0.615 bits per heavy atom. The third kappa shape index (κ3) is 12.7. The van der Waals surface area contributed by atoms with Gasteiger partial charge in [-0.1, -0.05) is 78.4 Å².